The zero-order chi connectivity index (χ0) is 19.8. The molecule has 0 aliphatic heterocycles. The number of alkyl halides is 1. The SMILES string of the molecule is CC1(F)C=C(F)C(c2nc(Nc3c(F)cccc3F)ccc2C(=O)O)=CC1. The van der Waals surface area contributed by atoms with Gasteiger partial charge in [-0.25, -0.2) is 27.3 Å². The third-order valence-electron chi connectivity index (χ3n) is 3.99. The molecular weight excluding hydrogens is 364 g/mol. The summed E-state index contributed by atoms with van der Waals surface area (Å²) in [6.45, 7) is 1.18. The molecule has 0 amide bonds. The van der Waals surface area contributed by atoms with E-state index in [2.05, 4.69) is 10.3 Å². The minimum absolute atomic E-state index is 0.0960. The molecule has 0 spiro atoms. The second kappa shape index (κ2) is 6.86. The van der Waals surface area contributed by atoms with Crippen LogP contribution in [-0.4, -0.2) is 21.7 Å². The minimum Gasteiger partial charge on any atom is -0.478 e. The van der Waals surface area contributed by atoms with E-state index >= 15 is 0 Å². The summed E-state index contributed by atoms with van der Waals surface area (Å²) in [5.41, 5.74) is -3.17. The number of hydrogen-bond donors (Lipinski definition) is 2. The topological polar surface area (TPSA) is 62.2 Å². The van der Waals surface area contributed by atoms with Gasteiger partial charge in [-0.3, -0.25) is 0 Å². The number of pyridine rings is 1. The number of hydrogen-bond acceptors (Lipinski definition) is 3. The fourth-order valence-electron chi connectivity index (χ4n) is 2.66. The molecule has 1 aliphatic carbocycles. The van der Waals surface area contributed by atoms with Crippen LogP contribution < -0.4 is 5.32 Å². The molecule has 0 fully saturated rings. The lowest BCUT2D eigenvalue weighted by Gasteiger charge is -2.21. The van der Waals surface area contributed by atoms with E-state index in [4.69, 9.17) is 0 Å². The molecule has 0 bridgehead atoms. The maximum atomic E-state index is 14.3. The van der Waals surface area contributed by atoms with E-state index in [1.807, 2.05) is 0 Å². The quantitative estimate of drug-likeness (QED) is 0.721. The molecule has 0 saturated carbocycles. The molecule has 0 radical (unpaired) electrons. The Morgan fingerprint density at radius 1 is 1.19 bits per heavy atom. The van der Waals surface area contributed by atoms with E-state index in [1.54, 1.807) is 0 Å². The Labute approximate surface area is 151 Å². The second-order valence-corrected chi connectivity index (χ2v) is 6.21. The molecule has 1 aliphatic rings. The van der Waals surface area contributed by atoms with E-state index < -0.39 is 34.8 Å². The fraction of sp³-hybridized carbons (Fsp3) is 0.158. The van der Waals surface area contributed by atoms with Gasteiger partial charge >= 0.3 is 5.97 Å². The van der Waals surface area contributed by atoms with Gasteiger partial charge in [0.05, 0.1) is 11.3 Å². The van der Waals surface area contributed by atoms with Gasteiger partial charge < -0.3 is 10.4 Å². The van der Waals surface area contributed by atoms with Crippen molar-refractivity contribution in [3.05, 3.63) is 71.2 Å². The number of para-hydroxylation sites is 1. The van der Waals surface area contributed by atoms with Crippen molar-refractivity contribution >= 4 is 23.0 Å². The highest BCUT2D eigenvalue weighted by molar-refractivity contribution is 5.96. The fourth-order valence-corrected chi connectivity index (χ4v) is 2.66. The van der Waals surface area contributed by atoms with Gasteiger partial charge in [-0.05, 0) is 37.3 Å². The van der Waals surface area contributed by atoms with Crippen molar-refractivity contribution in [1.29, 1.82) is 0 Å². The van der Waals surface area contributed by atoms with Crippen LogP contribution in [0, 0.1) is 11.6 Å². The molecule has 8 heteroatoms. The van der Waals surface area contributed by atoms with Crippen LogP contribution in [0.3, 0.4) is 0 Å². The van der Waals surface area contributed by atoms with Crippen LogP contribution >= 0.6 is 0 Å². The molecule has 140 valence electrons. The lowest BCUT2D eigenvalue weighted by atomic mass is 9.91. The number of carboxylic acid groups (broad SMARTS) is 1. The number of nitrogens with zero attached hydrogens (tertiary/aromatic N) is 1. The normalized spacial score (nSPS) is 19.3. The third kappa shape index (κ3) is 3.84. The number of halogens is 4. The Kier molecular flexibility index (Phi) is 4.73. The highest BCUT2D eigenvalue weighted by Gasteiger charge is 2.29. The number of anilines is 2. The molecule has 0 saturated heterocycles. The monoisotopic (exact) mass is 378 g/mol. The summed E-state index contributed by atoms with van der Waals surface area (Å²) in [6, 6.07) is 5.58. The van der Waals surface area contributed by atoms with Crippen LogP contribution in [0.4, 0.5) is 29.1 Å². The molecular formula is C19H14F4N2O2. The molecule has 1 unspecified atom stereocenters. The van der Waals surface area contributed by atoms with Crippen molar-refractivity contribution in [3.63, 3.8) is 0 Å². The lowest BCUT2D eigenvalue weighted by molar-refractivity contribution is 0.0696. The van der Waals surface area contributed by atoms with Gasteiger partial charge in [0.15, 0.2) is 0 Å². The van der Waals surface area contributed by atoms with Crippen molar-refractivity contribution in [1.82, 2.24) is 4.98 Å². The van der Waals surface area contributed by atoms with Crippen molar-refractivity contribution in [3.8, 4) is 0 Å². The summed E-state index contributed by atoms with van der Waals surface area (Å²) in [6.07, 6.45) is 1.78. The molecule has 2 N–H and O–H groups in total. The van der Waals surface area contributed by atoms with Gasteiger partial charge in [0, 0.05) is 12.0 Å². The summed E-state index contributed by atoms with van der Waals surface area (Å²) < 4.78 is 55.9. The van der Waals surface area contributed by atoms with Crippen molar-refractivity contribution in [2.75, 3.05) is 5.32 Å². The summed E-state index contributed by atoms with van der Waals surface area (Å²) >= 11 is 0. The van der Waals surface area contributed by atoms with Gasteiger partial charge in [-0.15, -0.1) is 0 Å². The summed E-state index contributed by atoms with van der Waals surface area (Å²) in [5, 5.41) is 11.8. The highest BCUT2D eigenvalue weighted by atomic mass is 19.2. The Bertz CT molecular complexity index is 963. The highest BCUT2D eigenvalue weighted by Crippen LogP contribution is 2.36. The van der Waals surface area contributed by atoms with Crippen LogP contribution in [0.5, 0.6) is 0 Å². The average molecular weight is 378 g/mol. The number of aromatic carboxylic acids is 1. The third-order valence-corrected chi connectivity index (χ3v) is 3.99. The average Bonchev–Trinajstić information content (AvgIpc) is 2.57. The minimum atomic E-state index is -1.90. The first-order valence-electron chi connectivity index (χ1n) is 7.91. The van der Waals surface area contributed by atoms with Gasteiger partial charge in [-0.2, -0.15) is 0 Å². The largest absolute Gasteiger partial charge is 0.478 e. The number of carboxylic acids is 1. The first-order chi connectivity index (χ1) is 12.7. The van der Waals surface area contributed by atoms with Crippen molar-refractivity contribution < 1.29 is 27.5 Å². The van der Waals surface area contributed by atoms with E-state index in [9.17, 15) is 27.5 Å². The van der Waals surface area contributed by atoms with E-state index in [0.717, 1.165) is 24.3 Å². The predicted octanol–water partition coefficient (Wildman–Crippen LogP) is 5.17. The number of carbonyl (C=O) groups is 1. The number of allylic oxidation sites excluding steroid dienone is 4. The zero-order valence-corrected chi connectivity index (χ0v) is 14.1. The maximum absolute atomic E-state index is 14.3. The molecule has 3 rings (SSSR count). The van der Waals surface area contributed by atoms with Gasteiger partial charge in [0.1, 0.15) is 34.6 Å². The Balaban J connectivity index is 2.06. The zero-order valence-electron chi connectivity index (χ0n) is 14.1. The number of rotatable bonds is 4. The number of nitrogens with one attached hydrogen (secondary N) is 1. The van der Waals surface area contributed by atoms with Crippen molar-refractivity contribution in [2.45, 2.75) is 19.0 Å². The summed E-state index contributed by atoms with van der Waals surface area (Å²) in [5.74, 6) is -4.19. The Morgan fingerprint density at radius 3 is 2.44 bits per heavy atom. The maximum Gasteiger partial charge on any atom is 0.337 e. The van der Waals surface area contributed by atoms with Crippen molar-refractivity contribution in [2.24, 2.45) is 0 Å². The Morgan fingerprint density at radius 2 is 1.85 bits per heavy atom. The van der Waals surface area contributed by atoms with Crippen LogP contribution in [0.1, 0.15) is 29.4 Å². The van der Waals surface area contributed by atoms with Crippen LogP contribution in [0.25, 0.3) is 5.57 Å². The van der Waals surface area contributed by atoms with Crippen LogP contribution in [-0.2, 0) is 0 Å². The molecule has 4 nitrogen and oxygen atoms in total. The molecule has 1 heterocycles. The standard InChI is InChI=1S/C19H14F4N2O2/c1-19(23)8-7-10(14(22)9-19)16-11(18(26)27)5-6-15(24-16)25-17-12(20)3-2-4-13(17)21/h2-7,9H,8H2,1H3,(H,24,25)(H,26,27). The molecule has 2 aromatic rings. The predicted molar refractivity (Wildman–Crippen MR) is 92.1 cm³/mol. The Hall–Kier alpha value is -3.16. The smallest absolute Gasteiger partial charge is 0.337 e. The number of aromatic nitrogens is 1. The molecule has 1 aromatic carbocycles. The van der Waals surface area contributed by atoms with Crippen LogP contribution in [0.15, 0.2) is 48.3 Å². The first-order valence-corrected chi connectivity index (χ1v) is 7.91. The van der Waals surface area contributed by atoms with E-state index in [-0.39, 0.29) is 29.1 Å². The van der Waals surface area contributed by atoms with Gasteiger partial charge in [0.2, 0.25) is 0 Å². The molecule has 1 atom stereocenters. The summed E-state index contributed by atoms with van der Waals surface area (Å²) in [4.78, 5) is 15.4. The molecule has 27 heavy (non-hydrogen) atoms. The second-order valence-electron chi connectivity index (χ2n) is 6.21. The summed E-state index contributed by atoms with van der Waals surface area (Å²) in [7, 11) is 0. The molecule has 1 aromatic heterocycles. The van der Waals surface area contributed by atoms with E-state index in [1.165, 1.54) is 25.1 Å². The first kappa shape index (κ1) is 18.6. The van der Waals surface area contributed by atoms with Crippen LogP contribution in [0.2, 0.25) is 0 Å². The number of benzene rings is 1. The lowest BCUT2D eigenvalue weighted by Crippen LogP contribution is -2.18. The van der Waals surface area contributed by atoms with Gasteiger partial charge in [-0.1, -0.05) is 12.1 Å². The van der Waals surface area contributed by atoms with E-state index in [0.29, 0.717) is 0 Å². The van der Waals surface area contributed by atoms with Gasteiger partial charge in [0.25, 0.3) is 0 Å².